The maximum Gasteiger partial charge on any atom is 0.324 e. The van der Waals surface area contributed by atoms with Crippen molar-refractivity contribution >= 4 is 5.95 Å². The van der Waals surface area contributed by atoms with Crippen molar-refractivity contribution in [3.63, 3.8) is 0 Å². The van der Waals surface area contributed by atoms with Crippen LogP contribution in [0.15, 0.2) is 24.3 Å². The van der Waals surface area contributed by atoms with Crippen LogP contribution in [0.5, 0.6) is 17.8 Å². The summed E-state index contributed by atoms with van der Waals surface area (Å²) in [5.41, 5.74) is 1.08. The van der Waals surface area contributed by atoms with E-state index in [1.54, 1.807) is 7.11 Å². The summed E-state index contributed by atoms with van der Waals surface area (Å²) < 4.78 is 15.2. The van der Waals surface area contributed by atoms with Crippen molar-refractivity contribution in [2.75, 3.05) is 26.6 Å². The van der Waals surface area contributed by atoms with E-state index in [4.69, 9.17) is 14.2 Å². The van der Waals surface area contributed by atoms with Crippen LogP contribution in [0.4, 0.5) is 5.95 Å². The molecule has 1 aromatic heterocycles. The van der Waals surface area contributed by atoms with Crippen LogP contribution < -0.4 is 19.5 Å². The Bertz CT molecular complexity index is 567. The standard InChI is InChI=1S/C14H18N4O3/c1-9(10-5-7-11(19-2)8-6-10)15-12-16-13(20-3)18-14(17-12)21-4/h5-9H,1-4H3,(H,15,16,17,18). The van der Waals surface area contributed by atoms with E-state index in [-0.39, 0.29) is 18.1 Å². The first-order chi connectivity index (χ1) is 10.2. The van der Waals surface area contributed by atoms with Gasteiger partial charge in [0.1, 0.15) is 5.75 Å². The Hall–Kier alpha value is -2.57. The number of hydrogen-bond acceptors (Lipinski definition) is 7. The van der Waals surface area contributed by atoms with E-state index >= 15 is 0 Å². The Labute approximate surface area is 123 Å². The Morgan fingerprint density at radius 1 is 0.857 bits per heavy atom. The number of nitrogens with zero attached hydrogens (tertiary/aromatic N) is 3. The molecule has 7 heteroatoms. The van der Waals surface area contributed by atoms with Gasteiger partial charge in [-0.1, -0.05) is 12.1 Å². The first-order valence-corrected chi connectivity index (χ1v) is 6.40. The highest BCUT2D eigenvalue weighted by Crippen LogP contribution is 2.21. The van der Waals surface area contributed by atoms with Gasteiger partial charge in [-0.25, -0.2) is 0 Å². The fourth-order valence-corrected chi connectivity index (χ4v) is 1.75. The van der Waals surface area contributed by atoms with Gasteiger partial charge >= 0.3 is 12.0 Å². The number of nitrogens with one attached hydrogen (secondary N) is 1. The minimum atomic E-state index is 0.00715. The average Bonchev–Trinajstić information content (AvgIpc) is 2.54. The molecule has 2 aromatic rings. The lowest BCUT2D eigenvalue weighted by Gasteiger charge is -2.15. The molecule has 1 aromatic carbocycles. The quantitative estimate of drug-likeness (QED) is 0.872. The Morgan fingerprint density at radius 2 is 1.43 bits per heavy atom. The molecule has 0 aliphatic rings. The minimum absolute atomic E-state index is 0.00715. The predicted octanol–water partition coefficient (Wildman–Crippen LogP) is 2.07. The number of anilines is 1. The molecule has 0 saturated carbocycles. The van der Waals surface area contributed by atoms with E-state index in [0.717, 1.165) is 11.3 Å². The van der Waals surface area contributed by atoms with Gasteiger partial charge in [-0.05, 0) is 24.6 Å². The van der Waals surface area contributed by atoms with Crippen LogP contribution in [0.3, 0.4) is 0 Å². The van der Waals surface area contributed by atoms with Crippen LogP contribution in [0.25, 0.3) is 0 Å². The fourth-order valence-electron chi connectivity index (χ4n) is 1.75. The van der Waals surface area contributed by atoms with E-state index in [1.165, 1.54) is 14.2 Å². The number of hydrogen-bond donors (Lipinski definition) is 1. The van der Waals surface area contributed by atoms with Gasteiger partial charge in [-0.3, -0.25) is 0 Å². The normalized spacial score (nSPS) is 11.6. The van der Waals surface area contributed by atoms with Crippen LogP contribution in [-0.4, -0.2) is 36.3 Å². The maximum atomic E-state index is 5.14. The summed E-state index contributed by atoms with van der Waals surface area (Å²) in [6.07, 6.45) is 0. The summed E-state index contributed by atoms with van der Waals surface area (Å²) in [6.45, 7) is 2.00. The first kappa shape index (κ1) is 14.8. The smallest absolute Gasteiger partial charge is 0.324 e. The topological polar surface area (TPSA) is 78.4 Å². The summed E-state index contributed by atoms with van der Waals surface area (Å²) in [5.74, 6) is 1.21. The second-order valence-corrected chi connectivity index (χ2v) is 4.27. The molecule has 1 unspecified atom stereocenters. The highest BCUT2D eigenvalue weighted by atomic mass is 16.5. The summed E-state index contributed by atoms with van der Waals surface area (Å²) in [7, 11) is 4.62. The second-order valence-electron chi connectivity index (χ2n) is 4.27. The molecule has 1 atom stereocenters. The molecule has 0 amide bonds. The van der Waals surface area contributed by atoms with E-state index < -0.39 is 0 Å². The van der Waals surface area contributed by atoms with Crippen molar-refractivity contribution in [2.24, 2.45) is 0 Å². The van der Waals surface area contributed by atoms with Crippen LogP contribution in [0.1, 0.15) is 18.5 Å². The molecule has 0 aliphatic heterocycles. The number of benzene rings is 1. The summed E-state index contributed by atoms with van der Waals surface area (Å²) in [6, 6.07) is 8.17. The second kappa shape index (κ2) is 6.74. The zero-order chi connectivity index (χ0) is 15.2. The van der Waals surface area contributed by atoms with E-state index in [2.05, 4.69) is 20.3 Å². The highest BCUT2D eigenvalue weighted by Gasteiger charge is 2.11. The molecule has 7 nitrogen and oxygen atoms in total. The Balaban J connectivity index is 2.15. The monoisotopic (exact) mass is 290 g/mol. The lowest BCUT2D eigenvalue weighted by molar-refractivity contribution is 0.341. The molecule has 0 fully saturated rings. The van der Waals surface area contributed by atoms with Gasteiger partial charge in [0.15, 0.2) is 0 Å². The largest absolute Gasteiger partial charge is 0.497 e. The van der Waals surface area contributed by atoms with E-state index in [1.807, 2.05) is 31.2 Å². The van der Waals surface area contributed by atoms with Crippen molar-refractivity contribution in [1.29, 1.82) is 0 Å². The number of rotatable bonds is 6. The van der Waals surface area contributed by atoms with E-state index in [0.29, 0.717) is 5.95 Å². The van der Waals surface area contributed by atoms with Crippen molar-refractivity contribution in [2.45, 2.75) is 13.0 Å². The molecule has 112 valence electrons. The molecule has 1 N–H and O–H groups in total. The molecule has 2 rings (SSSR count). The van der Waals surface area contributed by atoms with Crippen LogP contribution in [-0.2, 0) is 0 Å². The third-order valence-electron chi connectivity index (χ3n) is 2.92. The molecular formula is C14H18N4O3. The van der Waals surface area contributed by atoms with Gasteiger partial charge in [0.2, 0.25) is 5.95 Å². The third kappa shape index (κ3) is 3.71. The molecule has 0 spiro atoms. The van der Waals surface area contributed by atoms with Crippen LogP contribution in [0, 0.1) is 0 Å². The van der Waals surface area contributed by atoms with Gasteiger partial charge in [-0.2, -0.15) is 9.97 Å². The van der Waals surface area contributed by atoms with Gasteiger partial charge < -0.3 is 19.5 Å². The predicted molar refractivity (Wildman–Crippen MR) is 78.0 cm³/mol. The summed E-state index contributed by atoms with van der Waals surface area (Å²) in [4.78, 5) is 12.2. The number of aromatic nitrogens is 3. The molecule has 0 radical (unpaired) electrons. The molecular weight excluding hydrogens is 272 g/mol. The molecule has 0 saturated heterocycles. The van der Waals surface area contributed by atoms with Gasteiger partial charge in [0.25, 0.3) is 0 Å². The van der Waals surface area contributed by atoms with Gasteiger partial charge in [0.05, 0.1) is 27.4 Å². The fraction of sp³-hybridized carbons (Fsp3) is 0.357. The Kier molecular flexibility index (Phi) is 4.76. The summed E-state index contributed by atoms with van der Waals surface area (Å²) in [5, 5.41) is 3.18. The lowest BCUT2D eigenvalue weighted by atomic mass is 10.1. The van der Waals surface area contributed by atoms with Crippen molar-refractivity contribution in [1.82, 2.24) is 15.0 Å². The molecule has 21 heavy (non-hydrogen) atoms. The van der Waals surface area contributed by atoms with Crippen molar-refractivity contribution in [3.05, 3.63) is 29.8 Å². The van der Waals surface area contributed by atoms with Crippen LogP contribution >= 0.6 is 0 Å². The first-order valence-electron chi connectivity index (χ1n) is 6.40. The molecule has 0 aliphatic carbocycles. The van der Waals surface area contributed by atoms with Gasteiger partial charge in [0, 0.05) is 0 Å². The SMILES string of the molecule is COc1ccc(C(C)Nc2nc(OC)nc(OC)n2)cc1. The minimum Gasteiger partial charge on any atom is -0.497 e. The number of methoxy groups -OCH3 is 3. The lowest BCUT2D eigenvalue weighted by Crippen LogP contribution is -2.11. The highest BCUT2D eigenvalue weighted by molar-refractivity contribution is 5.35. The van der Waals surface area contributed by atoms with Gasteiger partial charge in [-0.15, -0.1) is 4.98 Å². The maximum absolute atomic E-state index is 5.14. The van der Waals surface area contributed by atoms with Crippen molar-refractivity contribution < 1.29 is 14.2 Å². The zero-order valence-corrected chi connectivity index (χ0v) is 12.5. The van der Waals surface area contributed by atoms with Crippen molar-refractivity contribution in [3.8, 4) is 17.8 Å². The average molecular weight is 290 g/mol. The Morgan fingerprint density at radius 3 is 1.90 bits per heavy atom. The van der Waals surface area contributed by atoms with E-state index in [9.17, 15) is 0 Å². The third-order valence-corrected chi connectivity index (χ3v) is 2.92. The van der Waals surface area contributed by atoms with Crippen LogP contribution in [0.2, 0.25) is 0 Å². The molecule has 0 bridgehead atoms. The number of ether oxygens (including phenoxy) is 3. The zero-order valence-electron chi connectivity index (χ0n) is 12.5. The summed E-state index contributed by atoms with van der Waals surface area (Å²) >= 11 is 0. The molecule has 1 heterocycles.